The summed E-state index contributed by atoms with van der Waals surface area (Å²) in [5.41, 5.74) is 1.06. The Hall–Kier alpha value is -2.07. The summed E-state index contributed by atoms with van der Waals surface area (Å²) in [7, 11) is 1.92. The van der Waals surface area contributed by atoms with Crippen LogP contribution in [0.25, 0.3) is 0 Å². The number of hydrogen-bond donors (Lipinski definition) is 1. The SMILES string of the molecule is CCCOc1cncc(C(COc2ccccc2)NC)c1. The Morgan fingerprint density at radius 1 is 1.10 bits per heavy atom. The molecule has 2 aromatic rings. The Kier molecular flexibility index (Phi) is 6.03. The first kappa shape index (κ1) is 15.3. The van der Waals surface area contributed by atoms with Crippen LogP contribution in [0, 0.1) is 0 Å². The van der Waals surface area contributed by atoms with Gasteiger partial charge >= 0.3 is 0 Å². The lowest BCUT2D eigenvalue weighted by Gasteiger charge is -2.18. The van der Waals surface area contributed by atoms with Crippen LogP contribution in [-0.4, -0.2) is 25.2 Å². The topological polar surface area (TPSA) is 43.4 Å². The van der Waals surface area contributed by atoms with E-state index in [1.807, 2.05) is 49.6 Å². The molecule has 0 radical (unpaired) electrons. The van der Waals surface area contributed by atoms with Gasteiger partial charge in [0, 0.05) is 6.20 Å². The highest BCUT2D eigenvalue weighted by molar-refractivity contribution is 5.27. The molecule has 1 heterocycles. The number of rotatable bonds is 8. The molecule has 0 aliphatic heterocycles. The quantitative estimate of drug-likeness (QED) is 0.809. The summed E-state index contributed by atoms with van der Waals surface area (Å²) in [6, 6.07) is 11.9. The first-order valence-corrected chi connectivity index (χ1v) is 7.26. The Balaban J connectivity index is 1.99. The number of nitrogens with zero attached hydrogens (tertiary/aromatic N) is 1. The molecule has 0 amide bonds. The van der Waals surface area contributed by atoms with Gasteiger partial charge < -0.3 is 14.8 Å². The zero-order valence-corrected chi connectivity index (χ0v) is 12.6. The Morgan fingerprint density at radius 2 is 1.90 bits per heavy atom. The zero-order valence-electron chi connectivity index (χ0n) is 12.6. The van der Waals surface area contributed by atoms with Gasteiger partial charge in [-0.2, -0.15) is 0 Å². The summed E-state index contributed by atoms with van der Waals surface area (Å²) < 4.78 is 11.4. The molecule has 0 saturated carbocycles. The molecule has 4 nitrogen and oxygen atoms in total. The van der Waals surface area contributed by atoms with Crippen LogP contribution in [0.2, 0.25) is 0 Å². The van der Waals surface area contributed by atoms with Gasteiger partial charge in [0.25, 0.3) is 0 Å². The molecule has 112 valence electrons. The van der Waals surface area contributed by atoms with Crippen LogP contribution < -0.4 is 14.8 Å². The van der Waals surface area contributed by atoms with Crippen molar-refractivity contribution in [3.8, 4) is 11.5 Å². The molecule has 4 heteroatoms. The van der Waals surface area contributed by atoms with Gasteiger partial charge in [-0.1, -0.05) is 25.1 Å². The highest BCUT2D eigenvalue weighted by Gasteiger charge is 2.11. The van der Waals surface area contributed by atoms with Crippen molar-refractivity contribution in [2.75, 3.05) is 20.3 Å². The maximum atomic E-state index is 5.80. The van der Waals surface area contributed by atoms with Gasteiger partial charge in [-0.15, -0.1) is 0 Å². The minimum absolute atomic E-state index is 0.0721. The van der Waals surface area contributed by atoms with Gasteiger partial charge in [-0.05, 0) is 37.2 Å². The van der Waals surface area contributed by atoms with E-state index in [4.69, 9.17) is 9.47 Å². The summed E-state index contributed by atoms with van der Waals surface area (Å²) in [6.07, 6.45) is 4.56. The first-order chi connectivity index (χ1) is 10.3. The summed E-state index contributed by atoms with van der Waals surface area (Å²) in [6.45, 7) is 3.33. The van der Waals surface area contributed by atoms with Crippen molar-refractivity contribution >= 4 is 0 Å². The Bertz CT molecular complexity index is 531. The highest BCUT2D eigenvalue weighted by Crippen LogP contribution is 2.19. The van der Waals surface area contributed by atoms with Crippen molar-refractivity contribution in [2.24, 2.45) is 0 Å². The molecule has 1 atom stereocenters. The number of para-hydroxylation sites is 1. The smallest absolute Gasteiger partial charge is 0.137 e. The third-order valence-electron chi connectivity index (χ3n) is 3.12. The molecule has 0 aliphatic carbocycles. The number of pyridine rings is 1. The van der Waals surface area contributed by atoms with Crippen molar-refractivity contribution in [3.63, 3.8) is 0 Å². The fraction of sp³-hybridized carbons (Fsp3) is 0.353. The van der Waals surface area contributed by atoms with Gasteiger partial charge in [0.05, 0.1) is 18.8 Å². The van der Waals surface area contributed by atoms with Crippen molar-refractivity contribution in [1.29, 1.82) is 0 Å². The molecule has 2 rings (SSSR count). The number of hydrogen-bond acceptors (Lipinski definition) is 4. The third kappa shape index (κ3) is 4.76. The predicted octanol–water partition coefficient (Wildman–Crippen LogP) is 3.21. The molecule has 0 spiro atoms. The van der Waals surface area contributed by atoms with E-state index in [1.54, 1.807) is 6.20 Å². The molecule has 1 N–H and O–H groups in total. The fourth-order valence-corrected chi connectivity index (χ4v) is 1.97. The molecular formula is C17H22N2O2. The Labute approximate surface area is 126 Å². The summed E-state index contributed by atoms with van der Waals surface area (Å²) in [5.74, 6) is 1.67. The van der Waals surface area contributed by atoms with E-state index in [0.29, 0.717) is 13.2 Å². The van der Waals surface area contributed by atoms with E-state index in [1.165, 1.54) is 0 Å². The number of nitrogens with one attached hydrogen (secondary N) is 1. The van der Waals surface area contributed by atoms with Gasteiger partial charge in [0.15, 0.2) is 0 Å². The van der Waals surface area contributed by atoms with Crippen LogP contribution in [0.4, 0.5) is 0 Å². The minimum Gasteiger partial charge on any atom is -0.492 e. The highest BCUT2D eigenvalue weighted by atomic mass is 16.5. The molecule has 1 aromatic heterocycles. The number of benzene rings is 1. The maximum Gasteiger partial charge on any atom is 0.137 e. The average molecular weight is 286 g/mol. The van der Waals surface area contributed by atoms with Crippen LogP contribution >= 0.6 is 0 Å². The normalized spacial score (nSPS) is 11.9. The standard InChI is InChI=1S/C17H22N2O2/c1-3-9-20-16-10-14(11-19-12-16)17(18-2)13-21-15-7-5-4-6-8-15/h4-8,10-12,17-18H,3,9,13H2,1-2H3. The van der Waals surface area contributed by atoms with E-state index in [-0.39, 0.29) is 6.04 Å². The van der Waals surface area contributed by atoms with Crippen LogP contribution in [0.5, 0.6) is 11.5 Å². The van der Waals surface area contributed by atoms with Crippen molar-refractivity contribution in [2.45, 2.75) is 19.4 Å². The number of aromatic nitrogens is 1. The van der Waals surface area contributed by atoms with E-state index >= 15 is 0 Å². The lowest BCUT2D eigenvalue weighted by atomic mass is 10.1. The molecule has 0 aliphatic rings. The maximum absolute atomic E-state index is 5.80. The van der Waals surface area contributed by atoms with Gasteiger partial charge in [-0.3, -0.25) is 4.98 Å². The average Bonchev–Trinajstić information content (AvgIpc) is 2.55. The summed E-state index contributed by atoms with van der Waals surface area (Å²) >= 11 is 0. The fourth-order valence-electron chi connectivity index (χ4n) is 1.97. The van der Waals surface area contributed by atoms with E-state index in [9.17, 15) is 0 Å². The van der Waals surface area contributed by atoms with Gasteiger partial charge in [0.2, 0.25) is 0 Å². The largest absolute Gasteiger partial charge is 0.492 e. The lowest BCUT2D eigenvalue weighted by Crippen LogP contribution is -2.23. The second-order valence-corrected chi connectivity index (χ2v) is 4.77. The molecule has 1 unspecified atom stereocenters. The predicted molar refractivity (Wildman–Crippen MR) is 83.8 cm³/mol. The van der Waals surface area contributed by atoms with Crippen molar-refractivity contribution in [3.05, 3.63) is 54.4 Å². The summed E-state index contributed by atoms with van der Waals surface area (Å²) in [4.78, 5) is 4.24. The van der Waals surface area contributed by atoms with E-state index in [0.717, 1.165) is 23.5 Å². The zero-order chi connectivity index (χ0) is 14.9. The van der Waals surface area contributed by atoms with Gasteiger partial charge in [0.1, 0.15) is 18.1 Å². The van der Waals surface area contributed by atoms with Crippen LogP contribution in [0.1, 0.15) is 24.9 Å². The summed E-state index contributed by atoms with van der Waals surface area (Å²) in [5, 5.41) is 3.25. The monoisotopic (exact) mass is 286 g/mol. The number of ether oxygens (including phenoxy) is 2. The minimum atomic E-state index is 0.0721. The first-order valence-electron chi connectivity index (χ1n) is 7.26. The second kappa shape index (κ2) is 8.27. The van der Waals surface area contributed by atoms with E-state index in [2.05, 4.69) is 17.2 Å². The number of likely N-dealkylation sites (N-methyl/N-ethyl adjacent to an activating group) is 1. The van der Waals surface area contributed by atoms with Crippen molar-refractivity contribution < 1.29 is 9.47 Å². The molecule has 1 aromatic carbocycles. The molecule has 0 bridgehead atoms. The second-order valence-electron chi connectivity index (χ2n) is 4.77. The Morgan fingerprint density at radius 3 is 2.62 bits per heavy atom. The third-order valence-corrected chi connectivity index (χ3v) is 3.12. The lowest BCUT2D eigenvalue weighted by molar-refractivity contribution is 0.271. The van der Waals surface area contributed by atoms with Crippen LogP contribution in [0.3, 0.4) is 0 Å². The molecular weight excluding hydrogens is 264 g/mol. The molecule has 21 heavy (non-hydrogen) atoms. The van der Waals surface area contributed by atoms with Crippen LogP contribution in [0.15, 0.2) is 48.8 Å². The van der Waals surface area contributed by atoms with Crippen molar-refractivity contribution in [1.82, 2.24) is 10.3 Å². The molecule has 0 fully saturated rings. The van der Waals surface area contributed by atoms with Gasteiger partial charge in [-0.25, -0.2) is 0 Å². The van der Waals surface area contributed by atoms with E-state index < -0.39 is 0 Å². The molecule has 0 saturated heterocycles. The van der Waals surface area contributed by atoms with Crippen LogP contribution in [-0.2, 0) is 0 Å².